The summed E-state index contributed by atoms with van der Waals surface area (Å²) in [7, 11) is 0. The van der Waals surface area contributed by atoms with Crippen LogP contribution in [0.25, 0.3) is 0 Å². The first-order valence-corrected chi connectivity index (χ1v) is 5.52. The second-order valence-electron chi connectivity index (χ2n) is 3.76. The first-order valence-electron chi connectivity index (χ1n) is 5.52. The number of hydrogen-bond acceptors (Lipinski definition) is 6. The van der Waals surface area contributed by atoms with Gasteiger partial charge < -0.3 is 9.63 Å². The van der Waals surface area contributed by atoms with Gasteiger partial charge in [-0.15, -0.1) is 0 Å². The van der Waals surface area contributed by atoms with Crippen molar-refractivity contribution in [3.8, 4) is 0 Å². The minimum absolute atomic E-state index is 0.190. The molecule has 0 radical (unpaired) electrons. The molecule has 2 rings (SSSR count). The minimum Gasteiger partial charge on any atom is -0.480 e. The number of amides is 1. The van der Waals surface area contributed by atoms with Gasteiger partial charge in [0.25, 0.3) is 5.89 Å². The van der Waals surface area contributed by atoms with E-state index < -0.39 is 12.5 Å². The van der Waals surface area contributed by atoms with Crippen molar-refractivity contribution in [1.29, 1.82) is 0 Å². The Kier molecular flexibility index (Phi) is 3.35. The standard InChI is InChI=1S/C10H12N4O4/c1-2-7-11-10(18-13-7)6-3-4-8(15)14(12-6)5-9(16)17/h2-5H2,1H3,(H,16,17). The van der Waals surface area contributed by atoms with Gasteiger partial charge in [0.2, 0.25) is 5.91 Å². The zero-order valence-electron chi connectivity index (χ0n) is 9.79. The fourth-order valence-electron chi connectivity index (χ4n) is 1.52. The molecule has 8 heteroatoms. The van der Waals surface area contributed by atoms with Crippen molar-refractivity contribution in [1.82, 2.24) is 15.1 Å². The molecule has 0 fully saturated rings. The second-order valence-corrected chi connectivity index (χ2v) is 3.76. The van der Waals surface area contributed by atoms with Crippen molar-refractivity contribution in [3.05, 3.63) is 11.7 Å². The van der Waals surface area contributed by atoms with Crippen LogP contribution in [0.3, 0.4) is 0 Å². The smallest absolute Gasteiger partial charge is 0.325 e. The lowest BCUT2D eigenvalue weighted by atomic mass is 10.1. The molecule has 1 N–H and O–H groups in total. The van der Waals surface area contributed by atoms with Crippen LogP contribution in [0.4, 0.5) is 0 Å². The molecule has 1 aliphatic rings. The lowest BCUT2D eigenvalue weighted by molar-refractivity contribution is -0.144. The summed E-state index contributed by atoms with van der Waals surface area (Å²) in [6.07, 6.45) is 1.20. The van der Waals surface area contributed by atoms with Crippen LogP contribution < -0.4 is 0 Å². The topological polar surface area (TPSA) is 109 Å². The molecule has 8 nitrogen and oxygen atoms in total. The number of aliphatic carboxylic acids is 1. The van der Waals surface area contributed by atoms with Gasteiger partial charge in [-0.1, -0.05) is 12.1 Å². The average molecular weight is 252 g/mol. The fraction of sp³-hybridized carbons (Fsp3) is 0.500. The van der Waals surface area contributed by atoms with E-state index in [0.29, 0.717) is 24.4 Å². The van der Waals surface area contributed by atoms with E-state index in [2.05, 4.69) is 15.2 Å². The second kappa shape index (κ2) is 4.94. The minimum atomic E-state index is -1.12. The number of carboxylic acid groups (broad SMARTS) is 1. The van der Waals surface area contributed by atoms with E-state index in [1.165, 1.54) is 0 Å². The third-order valence-electron chi connectivity index (χ3n) is 2.42. The van der Waals surface area contributed by atoms with Gasteiger partial charge in [0.15, 0.2) is 5.82 Å². The number of hydrazone groups is 1. The van der Waals surface area contributed by atoms with Gasteiger partial charge in [-0.2, -0.15) is 10.1 Å². The highest BCUT2D eigenvalue weighted by Gasteiger charge is 2.25. The first-order chi connectivity index (χ1) is 8.60. The summed E-state index contributed by atoms with van der Waals surface area (Å²) < 4.78 is 5.01. The van der Waals surface area contributed by atoms with Gasteiger partial charge in [0.05, 0.1) is 0 Å². The Morgan fingerprint density at radius 1 is 1.50 bits per heavy atom. The Bertz CT molecular complexity index is 508. The number of carboxylic acids is 1. The Labute approximate surface area is 102 Å². The molecule has 0 aromatic carbocycles. The lowest BCUT2D eigenvalue weighted by Gasteiger charge is -2.20. The summed E-state index contributed by atoms with van der Waals surface area (Å²) in [4.78, 5) is 26.1. The molecule has 0 saturated carbocycles. The predicted octanol–water partition coefficient (Wildman–Crippen LogP) is 0.0431. The highest BCUT2D eigenvalue weighted by Crippen LogP contribution is 2.14. The lowest BCUT2D eigenvalue weighted by Crippen LogP contribution is -2.35. The van der Waals surface area contributed by atoms with E-state index in [9.17, 15) is 9.59 Å². The van der Waals surface area contributed by atoms with E-state index in [-0.39, 0.29) is 18.2 Å². The zero-order valence-corrected chi connectivity index (χ0v) is 9.79. The molecule has 0 atom stereocenters. The molecule has 0 spiro atoms. The third-order valence-corrected chi connectivity index (χ3v) is 2.42. The molecule has 18 heavy (non-hydrogen) atoms. The average Bonchev–Trinajstić information content (AvgIpc) is 2.80. The van der Waals surface area contributed by atoms with E-state index in [0.717, 1.165) is 5.01 Å². The van der Waals surface area contributed by atoms with Crippen LogP contribution in [0.5, 0.6) is 0 Å². The van der Waals surface area contributed by atoms with E-state index >= 15 is 0 Å². The van der Waals surface area contributed by atoms with Crippen molar-refractivity contribution >= 4 is 17.6 Å². The van der Waals surface area contributed by atoms with Crippen molar-refractivity contribution < 1.29 is 19.2 Å². The summed E-state index contributed by atoms with van der Waals surface area (Å²) in [5, 5.41) is 17.3. The summed E-state index contributed by atoms with van der Waals surface area (Å²) in [6, 6.07) is 0. The Morgan fingerprint density at radius 2 is 2.28 bits per heavy atom. The van der Waals surface area contributed by atoms with Crippen LogP contribution >= 0.6 is 0 Å². The van der Waals surface area contributed by atoms with E-state index in [1.54, 1.807) is 0 Å². The van der Waals surface area contributed by atoms with E-state index in [4.69, 9.17) is 9.63 Å². The molecule has 96 valence electrons. The molecule has 2 heterocycles. The summed E-state index contributed by atoms with van der Waals surface area (Å²) >= 11 is 0. The van der Waals surface area contributed by atoms with Crippen molar-refractivity contribution in [2.24, 2.45) is 5.10 Å². The number of aryl methyl sites for hydroxylation is 1. The monoisotopic (exact) mass is 252 g/mol. The normalized spacial score (nSPS) is 15.7. The maximum Gasteiger partial charge on any atom is 0.325 e. The van der Waals surface area contributed by atoms with Gasteiger partial charge >= 0.3 is 5.97 Å². The molecule has 1 amide bonds. The fourth-order valence-corrected chi connectivity index (χ4v) is 1.52. The maximum atomic E-state index is 11.5. The van der Waals surface area contributed by atoms with Gasteiger partial charge in [-0.05, 0) is 0 Å². The van der Waals surface area contributed by atoms with Crippen LogP contribution in [0.1, 0.15) is 31.5 Å². The van der Waals surface area contributed by atoms with E-state index in [1.807, 2.05) is 6.92 Å². The highest BCUT2D eigenvalue weighted by atomic mass is 16.5. The SMILES string of the molecule is CCc1noc(C2=NN(CC(=O)O)C(=O)CC2)n1. The number of hydrogen-bond donors (Lipinski definition) is 1. The molecular weight excluding hydrogens is 240 g/mol. The van der Waals surface area contributed by atoms with Crippen LogP contribution in [-0.2, 0) is 16.0 Å². The van der Waals surface area contributed by atoms with Crippen LogP contribution in [-0.4, -0.2) is 44.4 Å². The maximum absolute atomic E-state index is 11.5. The van der Waals surface area contributed by atoms with Crippen LogP contribution in [0.15, 0.2) is 9.62 Å². The summed E-state index contributed by atoms with van der Waals surface area (Å²) in [5.41, 5.74) is 0.447. The number of rotatable bonds is 4. The Hall–Kier alpha value is -2.25. The van der Waals surface area contributed by atoms with Crippen molar-refractivity contribution in [2.45, 2.75) is 26.2 Å². The summed E-state index contributed by atoms with van der Waals surface area (Å²) in [5.74, 6) is -0.645. The third kappa shape index (κ3) is 2.53. The number of carbonyl (C=O) groups excluding carboxylic acids is 1. The zero-order chi connectivity index (χ0) is 13.1. The largest absolute Gasteiger partial charge is 0.480 e. The molecule has 0 aliphatic carbocycles. The first kappa shape index (κ1) is 12.2. The quantitative estimate of drug-likeness (QED) is 0.810. The molecule has 0 bridgehead atoms. The molecule has 0 unspecified atom stereocenters. The van der Waals surface area contributed by atoms with Crippen LogP contribution in [0.2, 0.25) is 0 Å². The Morgan fingerprint density at radius 3 is 2.89 bits per heavy atom. The van der Waals surface area contributed by atoms with Gasteiger partial charge in [-0.25, -0.2) is 5.01 Å². The number of carbonyl (C=O) groups is 2. The van der Waals surface area contributed by atoms with Crippen LogP contribution in [0, 0.1) is 0 Å². The number of aromatic nitrogens is 2. The molecule has 0 saturated heterocycles. The number of nitrogens with zero attached hydrogens (tertiary/aromatic N) is 4. The van der Waals surface area contributed by atoms with Gasteiger partial charge in [-0.3, -0.25) is 9.59 Å². The molecule has 1 aliphatic heterocycles. The van der Waals surface area contributed by atoms with Crippen molar-refractivity contribution in [2.75, 3.05) is 6.54 Å². The molecular formula is C10H12N4O4. The van der Waals surface area contributed by atoms with Crippen molar-refractivity contribution in [3.63, 3.8) is 0 Å². The summed E-state index contributed by atoms with van der Waals surface area (Å²) in [6.45, 7) is 1.43. The van der Waals surface area contributed by atoms with Gasteiger partial charge in [0, 0.05) is 19.3 Å². The molecule has 1 aromatic rings. The van der Waals surface area contributed by atoms with Gasteiger partial charge in [0.1, 0.15) is 12.3 Å². The predicted molar refractivity (Wildman–Crippen MR) is 58.8 cm³/mol. The highest BCUT2D eigenvalue weighted by molar-refractivity contribution is 6.01. The Balaban J connectivity index is 2.22. The molecule has 1 aromatic heterocycles.